The molecule has 8 nitrogen and oxygen atoms in total. The number of terminal acetylenes is 1. The molecule has 4 atom stereocenters. The van der Waals surface area contributed by atoms with Crippen LogP contribution < -0.4 is 15.0 Å². The number of fused-ring (bicyclic) bond motifs is 5. The summed E-state index contributed by atoms with van der Waals surface area (Å²) in [4.78, 5) is 17.1. The lowest BCUT2D eigenvalue weighted by Gasteiger charge is -2.52. The normalized spacial score (nSPS) is 26.6. The van der Waals surface area contributed by atoms with E-state index in [0.717, 1.165) is 87.0 Å². The topological polar surface area (TPSA) is 77.0 Å². The smallest absolute Gasteiger partial charge is 0.319 e. The Bertz CT molecular complexity index is 1930. The predicted octanol–water partition coefficient (Wildman–Crippen LogP) is 5.01. The summed E-state index contributed by atoms with van der Waals surface area (Å²) in [7, 11) is 2.24. The van der Waals surface area contributed by atoms with E-state index in [-0.39, 0.29) is 22.7 Å². The van der Waals surface area contributed by atoms with Crippen LogP contribution >= 0.6 is 0 Å². The molecule has 5 heterocycles. The summed E-state index contributed by atoms with van der Waals surface area (Å²) < 4.78 is 23.4. The Balaban J connectivity index is 1.08. The van der Waals surface area contributed by atoms with Gasteiger partial charge in [0.05, 0.1) is 6.61 Å². The standard InChI is InChI=1S/C38H41FN6O2/c1-3-23-5-4-6-24-15-28(46)16-31(33(23)24)29-9-10-30-35(34(29)39)41-37(42-36(30)45-19-26-7-8-27(20-45)40-26)47-22-38(12-13-38)21-44-14-11-32-25(18-44)17-43(32)2/h1,4-6,9-10,15-16,25-27,32,40,46H,7-8,11-14,17-22H2,2H3. The zero-order chi connectivity index (χ0) is 31.9. The monoisotopic (exact) mass is 632 g/mol. The lowest BCUT2D eigenvalue weighted by atomic mass is 9.83. The van der Waals surface area contributed by atoms with Crippen LogP contribution in [0.4, 0.5) is 10.2 Å². The van der Waals surface area contributed by atoms with E-state index >= 15 is 4.39 Å². The van der Waals surface area contributed by atoms with Gasteiger partial charge >= 0.3 is 6.01 Å². The van der Waals surface area contributed by atoms with Gasteiger partial charge in [-0.15, -0.1) is 6.42 Å². The number of ether oxygens (including phenoxy) is 1. The Labute approximate surface area is 274 Å². The minimum atomic E-state index is -0.470. The second kappa shape index (κ2) is 11.0. The van der Waals surface area contributed by atoms with E-state index in [1.165, 1.54) is 13.0 Å². The van der Waals surface area contributed by atoms with E-state index in [4.69, 9.17) is 21.1 Å². The van der Waals surface area contributed by atoms with Crippen molar-refractivity contribution in [2.75, 3.05) is 57.8 Å². The van der Waals surface area contributed by atoms with Crippen molar-refractivity contribution >= 4 is 27.5 Å². The van der Waals surface area contributed by atoms with Crippen LogP contribution in [-0.4, -0.2) is 95.9 Å². The number of phenols is 1. The Morgan fingerprint density at radius 2 is 1.87 bits per heavy atom. The molecule has 2 bridgehead atoms. The predicted molar refractivity (Wildman–Crippen MR) is 182 cm³/mol. The number of nitrogens with zero attached hydrogens (tertiary/aromatic N) is 5. The van der Waals surface area contributed by atoms with Gasteiger partial charge in [0, 0.05) is 78.2 Å². The average Bonchev–Trinajstić information content (AvgIpc) is 3.75. The highest BCUT2D eigenvalue weighted by Crippen LogP contribution is 2.48. The van der Waals surface area contributed by atoms with Gasteiger partial charge < -0.3 is 29.9 Å². The van der Waals surface area contributed by atoms with Crippen molar-refractivity contribution in [2.45, 2.75) is 50.2 Å². The largest absolute Gasteiger partial charge is 0.508 e. The molecule has 1 aromatic heterocycles. The SMILES string of the molecule is C#Cc1cccc2cc(O)cc(-c3ccc4c(N5CC6CCC(C5)N6)nc(OCC5(CN6CCC7C(C6)CN7C)CC5)nc4c3F)c12. The van der Waals surface area contributed by atoms with Gasteiger partial charge in [0.2, 0.25) is 0 Å². The molecule has 4 aromatic rings. The van der Waals surface area contributed by atoms with E-state index in [1.807, 2.05) is 24.3 Å². The van der Waals surface area contributed by atoms with E-state index in [2.05, 4.69) is 33.0 Å². The zero-order valence-corrected chi connectivity index (χ0v) is 26.9. The molecule has 0 amide bonds. The summed E-state index contributed by atoms with van der Waals surface area (Å²) in [6.07, 6.45) is 11.6. The van der Waals surface area contributed by atoms with Crippen LogP contribution in [0.25, 0.3) is 32.8 Å². The third kappa shape index (κ3) is 5.09. The fourth-order valence-corrected chi connectivity index (χ4v) is 8.94. The number of hydrogen-bond donors (Lipinski definition) is 2. The van der Waals surface area contributed by atoms with Gasteiger partial charge in [0.25, 0.3) is 0 Å². The Morgan fingerprint density at radius 1 is 1.04 bits per heavy atom. The van der Waals surface area contributed by atoms with Crippen LogP contribution in [0, 0.1) is 29.5 Å². The van der Waals surface area contributed by atoms with E-state index < -0.39 is 5.82 Å². The van der Waals surface area contributed by atoms with Gasteiger partial charge in [-0.25, -0.2) is 4.39 Å². The van der Waals surface area contributed by atoms with E-state index in [9.17, 15) is 5.11 Å². The molecule has 5 aliphatic rings. The first-order chi connectivity index (χ1) is 22.9. The molecule has 0 spiro atoms. The minimum absolute atomic E-state index is 0.0492. The van der Waals surface area contributed by atoms with Crippen molar-refractivity contribution in [2.24, 2.45) is 11.3 Å². The number of benzene rings is 3. The maximum atomic E-state index is 16.9. The Morgan fingerprint density at radius 3 is 2.62 bits per heavy atom. The van der Waals surface area contributed by atoms with Crippen molar-refractivity contribution < 1.29 is 14.2 Å². The van der Waals surface area contributed by atoms with Crippen molar-refractivity contribution in [3.8, 4) is 35.2 Å². The third-order valence-electron chi connectivity index (χ3n) is 11.6. The fraction of sp³-hybridized carbons (Fsp3) is 0.474. The molecule has 2 N–H and O–H groups in total. The van der Waals surface area contributed by atoms with E-state index in [0.29, 0.717) is 40.8 Å². The molecular weight excluding hydrogens is 591 g/mol. The maximum Gasteiger partial charge on any atom is 0.319 e. The average molecular weight is 633 g/mol. The number of rotatable bonds is 7. The Hall–Kier alpha value is -3.97. The first-order valence-corrected chi connectivity index (χ1v) is 17.2. The van der Waals surface area contributed by atoms with Gasteiger partial charge in [0.15, 0.2) is 5.82 Å². The van der Waals surface area contributed by atoms with Gasteiger partial charge in [-0.3, -0.25) is 0 Å². The minimum Gasteiger partial charge on any atom is -0.508 e. The number of aromatic hydroxyl groups is 1. The number of piperazine rings is 1. The summed E-state index contributed by atoms with van der Waals surface area (Å²) in [5, 5.41) is 16.5. The number of nitrogens with one attached hydrogen (secondary N) is 1. The van der Waals surface area contributed by atoms with Crippen LogP contribution in [0.3, 0.4) is 0 Å². The molecule has 4 unspecified atom stereocenters. The number of anilines is 1. The second-order valence-corrected chi connectivity index (χ2v) is 14.8. The van der Waals surface area contributed by atoms with Gasteiger partial charge in [-0.05, 0) is 86.8 Å². The molecule has 9 heteroatoms. The maximum absolute atomic E-state index is 16.9. The molecule has 47 heavy (non-hydrogen) atoms. The zero-order valence-electron chi connectivity index (χ0n) is 26.9. The molecule has 4 aliphatic heterocycles. The van der Waals surface area contributed by atoms with Gasteiger partial charge in [-0.2, -0.15) is 9.97 Å². The Kier molecular flexibility index (Phi) is 6.86. The molecule has 3 aromatic carbocycles. The molecule has 242 valence electrons. The van der Waals surface area contributed by atoms with Crippen molar-refractivity contribution in [3.63, 3.8) is 0 Å². The number of likely N-dealkylation sites (tertiary alicyclic amines) is 2. The van der Waals surface area contributed by atoms with Crippen LogP contribution in [-0.2, 0) is 0 Å². The molecule has 9 rings (SSSR count). The number of halogens is 1. The lowest BCUT2D eigenvalue weighted by molar-refractivity contribution is -0.0323. The van der Waals surface area contributed by atoms with Crippen molar-refractivity contribution in [1.29, 1.82) is 0 Å². The second-order valence-electron chi connectivity index (χ2n) is 14.8. The quantitative estimate of drug-likeness (QED) is 0.276. The van der Waals surface area contributed by atoms with Crippen LogP contribution in [0.2, 0.25) is 0 Å². The highest BCUT2D eigenvalue weighted by Gasteiger charge is 2.48. The molecular formula is C38H41FN6O2. The summed E-state index contributed by atoms with van der Waals surface area (Å²) in [5.74, 6) is 3.82. The van der Waals surface area contributed by atoms with Crippen LogP contribution in [0.1, 0.15) is 37.7 Å². The molecule has 5 fully saturated rings. The molecule has 1 aliphatic carbocycles. The number of phenolic OH excluding ortho intramolecular Hbond substituents is 1. The summed E-state index contributed by atoms with van der Waals surface area (Å²) in [5.41, 5.74) is 1.84. The van der Waals surface area contributed by atoms with Crippen LogP contribution in [0.15, 0.2) is 42.5 Å². The van der Waals surface area contributed by atoms with Gasteiger partial charge in [0.1, 0.15) is 17.1 Å². The lowest BCUT2D eigenvalue weighted by Crippen LogP contribution is -2.62. The third-order valence-corrected chi connectivity index (χ3v) is 11.6. The first-order valence-electron chi connectivity index (χ1n) is 17.2. The fourth-order valence-electron chi connectivity index (χ4n) is 8.94. The number of piperidine rings is 1. The number of aromatic nitrogens is 2. The highest BCUT2D eigenvalue weighted by atomic mass is 19.1. The van der Waals surface area contributed by atoms with Crippen molar-refractivity contribution in [1.82, 2.24) is 25.1 Å². The summed E-state index contributed by atoms with van der Waals surface area (Å²) >= 11 is 0. The van der Waals surface area contributed by atoms with Crippen LogP contribution in [0.5, 0.6) is 11.8 Å². The summed E-state index contributed by atoms with van der Waals surface area (Å²) in [6, 6.07) is 14.2. The van der Waals surface area contributed by atoms with Gasteiger partial charge in [-0.1, -0.05) is 24.1 Å². The van der Waals surface area contributed by atoms with E-state index in [1.54, 1.807) is 18.2 Å². The first kappa shape index (κ1) is 29.2. The number of hydrogen-bond acceptors (Lipinski definition) is 8. The highest BCUT2D eigenvalue weighted by molar-refractivity contribution is 6.04. The summed E-state index contributed by atoms with van der Waals surface area (Å²) in [6.45, 7) is 6.67. The van der Waals surface area contributed by atoms with Crippen molar-refractivity contribution in [3.05, 3.63) is 53.8 Å². The molecule has 1 saturated carbocycles. The molecule has 0 radical (unpaired) electrons. The molecule has 4 saturated heterocycles.